The van der Waals surface area contributed by atoms with E-state index in [0.717, 1.165) is 5.56 Å². The van der Waals surface area contributed by atoms with Crippen molar-refractivity contribution in [3.63, 3.8) is 0 Å². The van der Waals surface area contributed by atoms with Gasteiger partial charge in [-0.1, -0.05) is 35.9 Å². The number of ether oxygens (including phenoxy) is 1. The molecule has 1 unspecified atom stereocenters. The Labute approximate surface area is 200 Å². The standard InChI is InChI=1S/C23H24BrClN2O5/c1-23(12-14-27(23)22(31)32-19-6-3-2-5-18(19)24)21(30)26(13-4-7-20(28)29)15-16-8-10-17(25)11-9-16/h2-3,5-6,8-11H,4,7,12-15H2,1H3,(H,28,29). The van der Waals surface area contributed by atoms with E-state index in [1.54, 1.807) is 42.2 Å². The van der Waals surface area contributed by atoms with Crippen LogP contribution in [0.3, 0.4) is 0 Å². The van der Waals surface area contributed by atoms with Crippen LogP contribution < -0.4 is 4.74 Å². The number of carboxylic acid groups (broad SMARTS) is 1. The molecule has 1 aliphatic rings. The van der Waals surface area contributed by atoms with Crippen molar-refractivity contribution < 1.29 is 24.2 Å². The second-order valence-electron chi connectivity index (χ2n) is 7.82. The summed E-state index contributed by atoms with van der Waals surface area (Å²) in [5, 5.41) is 9.58. The van der Waals surface area contributed by atoms with Gasteiger partial charge in [0, 0.05) is 31.1 Å². The molecule has 9 heteroatoms. The Hall–Kier alpha value is -2.58. The van der Waals surface area contributed by atoms with Crippen molar-refractivity contribution in [2.75, 3.05) is 13.1 Å². The zero-order valence-electron chi connectivity index (χ0n) is 17.6. The number of para-hydroxylation sites is 1. The van der Waals surface area contributed by atoms with E-state index >= 15 is 0 Å². The number of aliphatic carboxylic acids is 1. The summed E-state index contributed by atoms with van der Waals surface area (Å²) in [4.78, 5) is 40.3. The second-order valence-corrected chi connectivity index (χ2v) is 9.12. The Kier molecular flexibility index (Phi) is 7.79. The van der Waals surface area contributed by atoms with Gasteiger partial charge in [0.15, 0.2) is 0 Å². The quantitative estimate of drug-likeness (QED) is 0.528. The van der Waals surface area contributed by atoms with Crippen molar-refractivity contribution in [3.8, 4) is 5.75 Å². The second kappa shape index (κ2) is 10.4. The molecular formula is C23H24BrClN2O5. The van der Waals surface area contributed by atoms with Gasteiger partial charge in [-0.05, 0) is 65.5 Å². The van der Waals surface area contributed by atoms with Crippen molar-refractivity contribution in [1.29, 1.82) is 0 Å². The fourth-order valence-corrected chi connectivity index (χ4v) is 4.07. The van der Waals surface area contributed by atoms with E-state index in [4.69, 9.17) is 21.4 Å². The number of nitrogens with zero attached hydrogens (tertiary/aromatic N) is 2. The maximum atomic E-state index is 13.5. The van der Waals surface area contributed by atoms with E-state index in [2.05, 4.69) is 15.9 Å². The Morgan fingerprint density at radius 2 is 1.88 bits per heavy atom. The summed E-state index contributed by atoms with van der Waals surface area (Å²) in [5.74, 6) is -0.788. The molecule has 1 fully saturated rings. The SMILES string of the molecule is CC1(C(=O)N(CCCC(=O)O)Cc2ccc(Cl)cc2)CCN1C(=O)Oc1ccccc1Br. The highest BCUT2D eigenvalue weighted by atomic mass is 79.9. The van der Waals surface area contributed by atoms with Gasteiger partial charge in [-0.3, -0.25) is 14.5 Å². The molecule has 0 aromatic heterocycles. The first-order valence-electron chi connectivity index (χ1n) is 10.2. The van der Waals surface area contributed by atoms with Crippen LogP contribution in [0.25, 0.3) is 0 Å². The van der Waals surface area contributed by atoms with E-state index in [1.165, 1.54) is 4.90 Å². The van der Waals surface area contributed by atoms with Crippen molar-refractivity contribution in [3.05, 3.63) is 63.6 Å². The number of hydrogen-bond acceptors (Lipinski definition) is 4. The van der Waals surface area contributed by atoms with Crippen LogP contribution in [0.1, 0.15) is 31.7 Å². The van der Waals surface area contributed by atoms with Crippen molar-refractivity contribution in [2.45, 2.75) is 38.3 Å². The molecule has 0 aliphatic carbocycles. The molecule has 2 aromatic rings. The van der Waals surface area contributed by atoms with E-state index < -0.39 is 17.6 Å². The lowest BCUT2D eigenvalue weighted by molar-refractivity contribution is -0.150. The average molecular weight is 524 g/mol. The molecule has 170 valence electrons. The third-order valence-corrected chi connectivity index (χ3v) is 6.43. The van der Waals surface area contributed by atoms with E-state index in [0.29, 0.717) is 41.2 Å². The van der Waals surface area contributed by atoms with Gasteiger partial charge in [0.2, 0.25) is 5.91 Å². The summed E-state index contributed by atoms with van der Waals surface area (Å²) in [6.45, 7) is 2.66. The minimum Gasteiger partial charge on any atom is -0.481 e. The zero-order chi connectivity index (χ0) is 23.3. The average Bonchev–Trinajstić information content (AvgIpc) is 2.74. The summed E-state index contributed by atoms with van der Waals surface area (Å²) < 4.78 is 6.13. The minimum absolute atomic E-state index is 0.0467. The molecule has 0 radical (unpaired) electrons. The molecule has 1 aliphatic heterocycles. The number of carbonyl (C=O) groups excluding carboxylic acids is 2. The number of benzene rings is 2. The summed E-state index contributed by atoms with van der Waals surface area (Å²) in [6.07, 6.45) is 0.157. The first-order valence-corrected chi connectivity index (χ1v) is 11.4. The predicted octanol–water partition coefficient (Wildman–Crippen LogP) is 4.96. The molecule has 3 rings (SSSR count). The van der Waals surface area contributed by atoms with Gasteiger partial charge >= 0.3 is 12.1 Å². The van der Waals surface area contributed by atoms with Gasteiger partial charge in [-0.25, -0.2) is 4.79 Å². The third kappa shape index (κ3) is 5.61. The highest BCUT2D eigenvalue weighted by molar-refractivity contribution is 9.10. The van der Waals surface area contributed by atoms with E-state index in [9.17, 15) is 14.4 Å². The highest BCUT2D eigenvalue weighted by Gasteiger charge is 2.52. The number of halogens is 2. The lowest BCUT2D eigenvalue weighted by atomic mass is 9.85. The fourth-order valence-electron chi connectivity index (χ4n) is 3.58. The fraction of sp³-hybridized carbons (Fsp3) is 0.348. The Morgan fingerprint density at radius 3 is 2.47 bits per heavy atom. The number of rotatable bonds is 8. The van der Waals surface area contributed by atoms with Crippen LogP contribution in [0.2, 0.25) is 5.02 Å². The topological polar surface area (TPSA) is 87.2 Å². The van der Waals surface area contributed by atoms with Crippen LogP contribution in [0.15, 0.2) is 53.0 Å². The Bertz CT molecular complexity index is 1000. The molecule has 0 spiro atoms. The Balaban J connectivity index is 1.75. The van der Waals surface area contributed by atoms with Gasteiger partial charge in [-0.2, -0.15) is 0 Å². The molecule has 7 nitrogen and oxygen atoms in total. The van der Waals surface area contributed by atoms with E-state index in [1.807, 2.05) is 18.2 Å². The van der Waals surface area contributed by atoms with Crippen LogP contribution >= 0.6 is 27.5 Å². The molecule has 1 N–H and O–H groups in total. The van der Waals surface area contributed by atoms with Gasteiger partial charge in [0.05, 0.1) is 4.47 Å². The van der Waals surface area contributed by atoms with Crippen LogP contribution in [0.5, 0.6) is 5.75 Å². The maximum absolute atomic E-state index is 13.5. The van der Waals surface area contributed by atoms with Gasteiger partial charge in [-0.15, -0.1) is 0 Å². The van der Waals surface area contributed by atoms with E-state index in [-0.39, 0.29) is 18.9 Å². The molecule has 32 heavy (non-hydrogen) atoms. The van der Waals surface area contributed by atoms with Crippen LogP contribution in [-0.4, -0.2) is 51.5 Å². The van der Waals surface area contributed by atoms with Gasteiger partial charge in [0.1, 0.15) is 11.3 Å². The molecular weight excluding hydrogens is 500 g/mol. The number of carboxylic acids is 1. The van der Waals surface area contributed by atoms with Gasteiger partial charge < -0.3 is 14.7 Å². The largest absolute Gasteiger partial charge is 0.481 e. The third-order valence-electron chi connectivity index (χ3n) is 5.53. The number of carbonyl (C=O) groups is 3. The first-order chi connectivity index (χ1) is 15.2. The summed E-state index contributed by atoms with van der Waals surface area (Å²) >= 11 is 9.31. The summed E-state index contributed by atoms with van der Waals surface area (Å²) in [5.41, 5.74) is -0.197. The number of amides is 2. The monoisotopic (exact) mass is 522 g/mol. The highest BCUT2D eigenvalue weighted by Crippen LogP contribution is 2.35. The van der Waals surface area contributed by atoms with Crippen LogP contribution in [-0.2, 0) is 16.1 Å². The Morgan fingerprint density at radius 1 is 1.19 bits per heavy atom. The summed E-state index contributed by atoms with van der Waals surface area (Å²) in [6, 6.07) is 14.1. The van der Waals surface area contributed by atoms with Crippen LogP contribution in [0.4, 0.5) is 4.79 Å². The van der Waals surface area contributed by atoms with Crippen molar-refractivity contribution in [1.82, 2.24) is 9.80 Å². The van der Waals surface area contributed by atoms with Crippen LogP contribution in [0, 0.1) is 0 Å². The molecule has 2 aromatic carbocycles. The summed E-state index contributed by atoms with van der Waals surface area (Å²) in [7, 11) is 0. The minimum atomic E-state index is -1.06. The number of hydrogen-bond donors (Lipinski definition) is 1. The molecule has 1 heterocycles. The smallest absolute Gasteiger partial charge is 0.416 e. The molecule has 1 saturated heterocycles. The number of likely N-dealkylation sites (tertiary alicyclic amines) is 1. The lowest BCUT2D eigenvalue weighted by Gasteiger charge is -2.49. The maximum Gasteiger partial charge on any atom is 0.416 e. The first kappa shape index (κ1) is 24.1. The molecule has 2 amide bonds. The molecule has 0 bridgehead atoms. The predicted molar refractivity (Wildman–Crippen MR) is 124 cm³/mol. The van der Waals surface area contributed by atoms with Crippen molar-refractivity contribution >= 4 is 45.5 Å². The normalized spacial score (nSPS) is 17.4. The van der Waals surface area contributed by atoms with Gasteiger partial charge in [0.25, 0.3) is 0 Å². The van der Waals surface area contributed by atoms with Crippen molar-refractivity contribution in [2.24, 2.45) is 0 Å². The lowest BCUT2D eigenvalue weighted by Crippen LogP contribution is -2.68. The molecule has 1 atom stereocenters. The molecule has 0 saturated carbocycles. The zero-order valence-corrected chi connectivity index (χ0v) is 19.9.